The summed E-state index contributed by atoms with van der Waals surface area (Å²) in [6, 6.07) is 0. The zero-order chi connectivity index (χ0) is 15.5. The van der Waals surface area contributed by atoms with Crippen molar-refractivity contribution in [3.63, 3.8) is 0 Å². The van der Waals surface area contributed by atoms with Crippen molar-refractivity contribution in [3.8, 4) is 12.3 Å². The minimum absolute atomic E-state index is 0.134. The molecule has 0 amide bonds. The van der Waals surface area contributed by atoms with Crippen LogP contribution in [-0.4, -0.2) is 21.9 Å². The monoisotopic (exact) mass is 300 g/mol. The van der Waals surface area contributed by atoms with Crippen molar-refractivity contribution < 1.29 is 10.2 Å². The lowest BCUT2D eigenvalue weighted by atomic mass is 9.50. The molecule has 4 aliphatic rings. The van der Waals surface area contributed by atoms with Gasteiger partial charge >= 0.3 is 0 Å². The van der Waals surface area contributed by atoms with E-state index in [1.165, 1.54) is 12.0 Å². The molecule has 0 aromatic heterocycles. The molecule has 0 bridgehead atoms. The molecule has 2 heteroatoms. The quantitative estimate of drug-likeness (QED) is 0.532. The van der Waals surface area contributed by atoms with Crippen molar-refractivity contribution in [3.05, 3.63) is 11.6 Å². The average Bonchev–Trinajstić information content (AvgIpc) is 2.86. The Bertz CT molecular complexity index is 544. The molecule has 0 heterocycles. The van der Waals surface area contributed by atoms with Crippen LogP contribution in [0.25, 0.3) is 0 Å². The summed E-state index contributed by atoms with van der Waals surface area (Å²) in [4.78, 5) is 0. The number of hydrogen-bond acceptors (Lipinski definition) is 2. The van der Waals surface area contributed by atoms with Crippen LogP contribution in [0, 0.1) is 41.4 Å². The van der Waals surface area contributed by atoms with E-state index < -0.39 is 5.60 Å². The van der Waals surface area contributed by atoms with E-state index in [0.717, 1.165) is 50.9 Å². The smallest absolute Gasteiger partial charge is 0.128 e. The summed E-state index contributed by atoms with van der Waals surface area (Å²) in [5.41, 5.74) is 0.948. The Morgan fingerprint density at radius 3 is 2.68 bits per heavy atom. The molecule has 4 aliphatic carbocycles. The van der Waals surface area contributed by atoms with E-state index >= 15 is 0 Å². The SMILES string of the molecule is C#CC1(O)CCC2C3CC=C4CC(O)CCC4(C)C3CCC21. The predicted octanol–water partition coefficient (Wildman–Crippen LogP) is 3.28. The number of terminal acetylenes is 1. The van der Waals surface area contributed by atoms with Crippen LogP contribution in [0.5, 0.6) is 0 Å². The molecule has 0 radical (unpaired) electrons. The van der Waals surface area contributed by atoms with Crippen molar-refractivity contribution >= 4 is 0 Å². The lowest BCUT2D eigenvalue weighted by Gasteiger charge is -2.55. The van der Waals surface area contributed by atoms with Gasteiger partial charge in [-0.3, -0.25) is 0 Å². The second-order valence-corrected chi connectivity index (χ2v) is 8.50. The topological polar surface area (TPSA) is 40.5 Å². The van der Waals surface area contributed by atoms with Gasteiger partial charge in [-0.1, -0.05) is 24.5 Å². The molecule has 2 nitrogen and oxygen atoms in total. The molecule has 0 aromatic carbocycles. The van der Waals surface area contributed by atoms with Crippen molar-refractivity contribution in [1.29, 1.82) is 0 Å². The van der Waals surface area contributed by atoms with Crippen LogP contribution >= 0.6 is 0 Å². The normalized spacial score (nSPS) is 53.7. The van der Waals surface area contributed by atoms with Gasteiger partial charge < -0.3 is 10.2 Å². The van der Waals surface area contributed by atoms with Gasteiger partial charge in [0.2, 0.25) is 0 Å². The fourth-order valence-corrected chi connectivity index (χ4v) is 6.51. The zero-order valence-corrected chi connectivity index (χ0v) is 13.6. The predicted molar refractivity (Wildman–Crippen MR) is 86.9 cm³/mol. The first-order chi connectivity index (χ1) is 10.5. The summed E-state index contributed by atoms with van der Waals surface area (Å²) in [5.74, 6) is 5.03. The molecular weight excluding hydrogens is 272 g/mol. The van der Waals surface area contributed by atoms with Gasteiger partial charge in [-0.25, -0.2) is 0 Å². The van der Waals surface area contributed by atoms with Crippen molar-refractivity contribution in [2.24, 2.45) is 29.1 Å². The zero-order valence-electron chi connectivity index (χ0n) is 13.6. The summed E-state index contributed by atoms with van der Waals surface area (Å²) in [6.45, 7) is 2.43. The molecule has 0 spiro atoms. The summed E-state index contributed by atoms with van der Waals surface area (Å²) in [6.07, 6.45) is 16.2. The number of hydrogen-bond donors (Lipinski definition) is 2. The number of aliphatic hydroxyl groups is 2. The third-order valence-corrected chi connectivity index (χ3v) is 7.74. The Morgan fingerprint density at radius 2 is 1.91 bits per heavy atom. The van der Waals surface area contributed by atoms with Gasteiger partial charge in [-0.05, 0) is 74.5 Å². The molecule has 2 N–H and O–H groups in total. The molecule has 0 aliphatic heterocycles. The van der Waals surface area contributed by atoms with Gasteiger partial charge in [0.1, 0.15) is 5.60 Å². The second-order valence-electron chi connectivity index (χ2n) is 8.50. The number of allylic oxidation sites excluding steroid dienone is 1. The molecule has 7 atom stereocenters. The van der Waals surface area contributed by atoms with E-state index in [0.29, 0.717) is 17.8 Å². The minimum Gasteiger partial charge on any atom is -0.393 e. The summed E-state index contributed by atoms with van der Waals surface area (Å²) in [5, 5.41) is 20.7. The molecule has 22 heavy (non-hydrogen) atoms. The summed E-state index contributed by atoms with van der Waals surface area (Å²) < 4.78 is 0. The maximum absolute atomic E-state index is 10.7. The van der Waals surface area contributed by atoms with E-state index in [1.807, 2.05) is 0 Å². The fraction of sp³-hybridized carbons (Fsp3) is 0.800. The highest BCUT2D eigenvalue weighted by molar-refractivity contribution is 5.26. The Balaban J connectivity index is 1.65. The molecule has 120 valence electrons. The van der Waals surface area contributed by atoms with Crippen LogP contribution in [0.4, 0.5) is 0 Å². The first kappa shape index (κ1) is 14.8. The second kappa shape index (κ2) is 4.86. The van der Waals surface area contributed by atoms with E-state index in [4.69, 9.17) is 6.42 Å². The summed E-state index contributed by atoms with van der Waals surface area (Å²) >= 11 is 0. The van der Waals surface area contributed by atoms with Crippen molar-refractivity contribution in [1.82, 2.24) is 0 Å². The van der Waals surface area contributed by atoms with Crippen LogP contribution in [0.15, 0.2) is 11.6 Å². The largest absolute Gasteiger partial charge is 0.393 e. The van der Waals surface area contributed by atoms with Gasteiger partial charge in [0.25, 0.3) is 0 Å². The number of rotatable bonds is 0. The Kier molecular flexibility index (Phi) is 3.26. The minimum atomic E-state index is -0.844. The first-order valence-electron chi connectivity index (χ1n) is 9.05. The molecule has 4 rings (SSSR count). The highest BCUT2D eigenvalue weighted by Crippen LogP contribution is 2.62. The standard InChI is InChI=1S/C20H28O2/c1-3-20(22)11-9-16-15-5-4-13-12-14(21)8-10-19(13,2)17(15)6-7-18(16)20/h1,4,14-18,21-22H,5-12H2,2H3. The molecule has 3 saturated carbocycles. The van der Waals surface area contributed by atoms with Gasteiger partial charge in [0.15, 0.2) is 0 Å². The lowest BCUT2D eigenvalue weighted by molar-refractivity contribution is -0.0413. The molecule has 0 aromatic rings. The maximum atomic E-state index is 10.7. The Morgan fingerprint density at radius 1 is 1.14 bits per heavy atom. The lowest BCUT2D eigenvalue weighted by Crippen LogP contribution is -2.49. The van der Waals surface area contributed by atoms with Crippen molar-refractivity contribution in [2.45, 2.75) is 70.0 Å². The van der Waals surface area contributed by atoms with Crippen LogP contribution in [0.3, 0.4) is 0 Å². The number of fused-ring (bicyclic) bond motifs is 5. The molecule has 0 saturated heterocycles. The third-order valence-electron chi connectivity index (χ3n) is 7.74. The summed E-state index contributed by atoms with van der Waals surface area (Å²) in [7, 11) is 0. The first-order valence-corrected chi connectivity index (χ1v) is 9.05. The molecular formula is C20H28O2. The fourth-order valence-electron chi connectivity index (χ4n) is 6.51. The van der Waals surface area contributed by atoms with Crippen LogP contribution in [0.1, 0.15) is 58.3 Å². The van der Waals surface area contributed by atoms with Crippen LogP contribution < -0.4 is 0 Å². The number of aliphatic hydroxyl groups excluding tert-OH is 1. The van der Waals surface area contributed by atoms with Gasteiger partial charge in [0.05, 0.1) is 6.10 Å². The van der Waals surface area contributed by atoms with Gasteiger partial charge in [-0.2, -0.15) is 0 Å². The van der Waals surface area contributed by atoms with Crippen LogP contribution in [-0.2, 0) is 0 Å². The van der Waals surface area contributed by atoms with E-state index in [1.54, 1.807) is 0 Å². The highest BCUT2D eigenvalue weighted by Gasteiger charge is 2.57. The molecule has 7 unspecified atom stereocenters. The third kappa shape index (κ3) is 1.88. The average molecular weight is 300 g/mol. The highest BCUT2D eigenvalue weighted by atomic mass is 16.3. The maximum Gasteiger partial charge on any atom is 0.128 e. The molecule has 3 fully saturated rings. The van der Waals surface area contributed by atoms with Crippen LogP contribution in [0.2, 0.25) is 0 Å². The van der Waals surface area contributed by atoms with Gasteiger partial charge in [0, 0.05) is 5.92 Å². The Hall–Kier alpha value is -0.780. The van der Waals surface area contributed by atoms with Crippen molar-refractivity contribution in [2.75, 3.05) is 0 Å². The van der Waals surface area contributed by atoms with E-state index in [-0.39, 0.29) is 11.5 Å². The van der Waals surface area contributed by atoms with E-state index in [2.05, 4.69) is 18.9 Å². The van der Waals surface area contributed by atoms with Gasteiger partial charge in [-0.15, -0.1) is 6.42 Å². The van der Waals surface area contributed by atoms with E-state index in [9.17, 15) is 10.2 Å². The Labute approximate surface area is 134 Å².